The molecule has 12 heavy (non-hydrogen) atoms. The zero-order valence-electron chi connectivity index (χ0n) is 6.99. The van der Waals surface area contributed by atoms with E-state index in [1.807, 2.05) is 36.4 Å². The number of fused-ring (bicyclic) bond motifs is 1. The first-order valence-corrected chi connectivity index (χ1v) is 3.54. The van der Waals surface area contributed by atoms with Gasteiger partial charge in [0.15, 0.2) is 0 Å². The average molecular weight is 183 g/mol. The van der Waals surface area contributed by atoms with Gasteiger partial charge in [-0.15, -0.1) is 0 Å². The summed E-state index contributed by atoms with van der Waals surface area (Å²) in [5, 5.41) is 11.4. The van der Waals surface area contributed by atoms with Crippen molar-refractivity contribution in [2.75, 3.05) is 0 Å². The van der Waals surface area contributed by atoms with Gasteiger partial charge in [-0.1, -0.05) is 36.4 Å². The molecule has 0 heterocycles. The van der Waals surface area contributed by atoms with Crippen LogP contribution in [0.4, 0.5) is 0 Å². The van der Waals surface area contributed by atoms with Crippen LogP contribution in [0.2, 0.25) is 0 Å². The summed E-state index contributed by atoms with van der Waals surface area (Å²) in [6.07, 6.45) is 0. The molecule has 2 aromatic rings. The minimum atomic E-state index is 0. The summed E-state index contributed by atoms with van der Waals surface area (Å²) >= 11 is 0. The summed E-state index contributed by atoms with van der Waals surface area (Å²) < 4.78 is 0. The van der Waals surface area contributed by atoms with E-state index in [2.05, 4.69) is 0 Å². The van der Waals surface area contributed by atoms with Crippen LogP contribution in [0.25, 0.3) is 10.8 Å². The van der Waals surface area contributed by atoms with Crippen molar-refractivity contribution >= 4 is 10.8 Å². The van der Waals surface area contributed by atoms with Crippen molar-refractivity contribution in [3.05, 3.63) is 42.5 Å². The van der Waals surface area contributed by atoms with Gasteiger partial charge in [-0.05, 0) is 11.5 Å². The fourth-order valence-electron chi connectivity index (χ4n) is 1.21. The second-order valence-corrected chi connectivity index (χ2v) is 2.50. The van der Waals surface area contributed by atoms with Gasteiger partial charge in [-0.3, -0.25) is 0 Å². The van der Waals surface area contributed by atoms with Crippen molar-refractivity contribution in [3.63, 3.8) is 0 Å². The molecule has 0 unspecified atom stereocenters. The Labute approximate surface area is 114 Å². The molecule has 0 radical (unpaired) electrons. The normalized spacial score (nSPS) is 9.33. The molecule has 0 fully saturated rings. The summed E-state index contributed by atoms with van der Waals surface area (Å²) in [4.78, 5) is 0. The molecule has 0 saturated carbocycles. The number of hydrogen-bond acceptors (Lipinski definition) is 1. The summed E-state index contributed by atoms with van der Waals surface area (Å²) in [7, 11) is 0. The zero-order valence-corrected chi connectivity index (χ0v) is 10.1. The van der Waals surface area contributed by atoms with Gasteiger partial charge in [-0.25, -0.2) is 0 Å². The van der Waals surface area contributed by atoms with Crippen molar-refractivity contribution < 1.29 is 56.5 Å². The maximum atomic E-state index is 9.37. The number of rotatable bonds is 0. The second-order valence-electron chi connectivity index (χ2n) is 2.50. The van der Waals surface area contributed by atoms with Gasteiger partial charge >= 0.3 is 51.4 Å². The van der Waals surface area contributed by atoms with Gasteiger partial charge < -0.3 is 5.11 Å². The quantitative estimate of drug-likeness (QED) is 0.549. The molecule has 0 saturated heterocycles. The van der Waals surface area contributed by atoms with E-state index in [4.69, 9.17) is 0 Å². The maximum absolute atomic E-state index is 9.37. The van der Waals surface area contributed by atoms with Crippen LogP contribution in [0, 0.1) is 0 Å². The van der Waals surface area contributed by atoms with E-state index < -0.39 is 0 Å². The monoisotopic (exact) mass is 183 g/mol. The minimum Gasteiger partial charge on any atom is -0.507 e. The Balaban J connectivity index is 0.000000720. The first-order chi connectivity index (χ1) is 5.38. The van der Waals surface area contributed by atoms with E-state index in [-0.39, 0.29) is 51.4 Å². The van der Waals surface area contributed by atoms with Crippen LogP contribution >= 0.6 is 0 Å². The zero-order chi connectivity index (χ0) is 7.68. The van der Waals surface area contributed by atoms with Crippen molar-refractivity contribution in [1.29, 1.82) is 0 Å². The first kappa shape index (κ1) is 10.2. The largest absolute Gasteiger partial charge is 1.00 e. The Morgan fingerprint density at radius 1 is 0.833 bits per heavy atom. The number of phenols is 1. The molecule has 1 nitrogen and oxygen atoms in total. The van der Waals surface area contributed by atoms with Gasteiger partial charge in [0.25, 0.3) is 0 Å². The fraction of sp³-hybridized carbons (Fsp3) is 0. The third kappa shape index (κ3) is 1.89. The van der Waals surface area contributed by atoms with E-state index >= 15 is 0 Å². The second kappa shape index (κ2) is 4.39. The van der Waals surface area contributed by atoms with E-state index in [1.165, 1.54) is 0 Å². The van der Waals surface area contributed by atoms with E-state index in [0.717, 1.165) is 10.8 Å². The summed E-state index contributed by atoms with van der Waals surface area (Å²) in [5.74, 6) is 0.350. The molecule has 54 valence electrons. The van der Waals surface area contributed by atoms with Gasteiger partial charge in [0.2, 0.25) is 0 Å². The molecule has 0 spiro atoms. The Morgan fingerprint density at radius 2 is 1.50 bits per heavy atom. The van der Waals surface area contributed by atoms with Crippen LogP contribution in [0.15, 0.2) is 42.5 Å². The Hall–Kier alpha value is 0.136. The number of phenolic OH excluding ortho intramolecular Hbond substituents is 1. The first-order valence-electron chi connectivity index (χ1n) is 3.54. The predicted octanol–water partition coefficient (Wildman–Crippen LogP) is -0.451. The van der Waals surface area contributed by atoms with E-state index in [1.54, 1.807) is 6.07 Å². The molecule has 0 amide bonds. The number of aromatic hydroxyl groups is 1. The van der Waals surface area contributed by atoms with Crippen molar-refractivity contribution in [2.45, 2.75) is 0 Å². The van der Waals surface area contributed by atoms with Crippen molar-refractivity contribution in [1.82, 2.24) is 0 Å². The molecular weight excluding hydrogens is 175 g/mol. The van der Waals surface area contributed by atoms with Crippen LogP contribution in [0.5, 0.6) is 5.75 Å². The number of hydrogen-bond donors (Lipinski definition) is 1. The molecule has 1 N–H and O–H groups in total. The molecule has 2 rings (SSSR count). The Bertz CT molecular complexity index is 379. The van der Waals surface area contributed by atoms with Crippen LogP contribution in [0.1, 0.15) is 0 Å². The topological polar surface area (TPSA) is 20.2 Å². The smallest absolute Gasteiger partial charge is 0.507 e. The predicted molar refractivity (Wildman–Crippen MR) is 45.6 cm³/mol. The van der Waals surface area contributed by atoms with Crippen molar-refractivity contribution in [3.8, 4) is 5.75 Å². The van der Waals surface area contributed by atoms with Crippen molar-refractivity contribution in [2.24, 2.45) is 0 Å². The van der Waals surface area contributed by atoms with Crippen LogP contribution in [-0.2, 0) is 0 Å². The SMILES string of the molecule is Oc1cccc2ccccc12.[K+]. The van der Waals surface area contributed by atoms with Gasteiger partial charge in [0.05, 0.1) is 0 Å². The molecule has 0 aromatic heterocycles. The molecule has 0 atom stereocenters. The van der Waals surface area contributed by atoms with E-state index in [9.17, 15) is 5.11 Å². The summed E-state index contributed by atoms with van der Waals surface area (Å²) in [6.45, 7) is 0. The standard InChI is InChI=1S/C10H8O.K/c11-10-7-3-5-8-4-1-2-6-9(8)10;/h1-7,11H;/q;+1. The molecule has 2 aromatic carbocycles. The number of benzene rings is 2. The maximum Gasteiger partial charge on any atom is 1.00 e. The molecular formula is C10H8KO+. The Morgan fingerprint density at radius 3 is 2.25 bits per heavy atom. The third-order valence-corrected chi connectivity index (χ3v) is 1.77. The minimum absolute atomic E-state index is 0. The molecule has 0 aliphatic rings. The van der Waals surface area contributed by atoms with Gasteiger partial charge in [-0.2, -0.15) is 0 Å². The fourth-order valence-corrected chi connectivity index (χ4v) is 1.21. The summed E-state index contributed by atoms with van der Waals surface area (Å²) in [5.41, 5.74) is 0. The molecule has 0 aliphatic heterocycles. The summed E-state index contributed by atoms with van der Waals surface area (Å²) in [6, 6.07) is 13.3. The molecule has 0 bridgehead atoms. The van der Waals surface area contributed by atoms with Crippen LogP contribution in [-0.4, -0.2) is 5.11 Å². The molecule has 2 heteroatoms. The van der Waals surface area contributed by atoms with E-state index in [0.29, 0.717) is 5.75 Å². The average Bonchev–Trinajstić information content (AvgIpc) is 2.06. The van der Waals surface area contributed by atoms with Crippen LogP contribution in [0.3, 0.4) is 0 Å². The molecule has 0 aliphatic carbocycles. The third-order valence-electron chi connectivity index (χ3n) is 1.77. The Kier molecular flexibility index (Phi) is 3.74. The van der Waals surface area contributed by atoms with Crippen LogP contribution < -0.4 is 51.4 Å². The van der Waals surface area contributed by atoms with Gasteiger partial charge in [0, 0.05) is 5.39 Å². The van der Waals surface area contributed by atoms with Gasteiger partial charge in [0.1, 0.15) is 5.75 Å².